The Morgan fingerprint density at radius 1 is 1.16 bits per heavy atom. The van der Waals surface area contributed by atoms with Gasteiger partial charge in [-0.25, -0.2) is 0 Å². The maximum atomic E-state index is 12.7. The molecule has 0 aliphatic carbocycles. The van der Waals surface area contributed by atoms with Crippen molar-refractivity contribution in [2.75, 3.05) is 32.7 Å². The van der Waals surface area contributed by atoms with E-state index in [1.807, 2.05) is 15.9 Å². The molecule has 134 valence electrons. The second kappa shape index (κ2) is 7.05. The van der Waals surface area contributed by atoms with Gasteiger partial charge in [-0.2, -0.15) is 0 Å². The molecule has 5 nitrogen and oxygen atoms in total. The summed E-state index contributed by atoms with van der Waals surface area (Å²) < 4.78 is 2.37. The first-order valence-electron chi connectivity index (χ1n) is 8.90. The van der Waals surface area contributed by atoms with E-state index in [-0.39, 0.29) is 17.7 Å². The number of fused-ring (bicyclic) bond motifs is 1. The SMILES string of the molecule is C[C@H]1C[C@@H](C(=O)N2CCN(C(=O)c3cc4sccc4s3)CC2)CCN1. The van der Waals surface area contributed by atoms with Crippen LogP contribution in [0, 0.1) is 5.92 Å². The van der Waals surface area contributed by atoms with Crippen LogP contribution in [0.25, 0.3) is 9.40 Å². The van der Waals surface area contributed by atoms with Gasteiger partial charge in [0.15, 0.2) is 0 Å². The largest absolute Gasteiger partial charge is 0.339 e. The minimum Gasteiger partial charge on any atom is -0.339 e. The van der Waals surface area contributed by atoms with Crippen LogP contribution in [0.1, 0.15) is 29.4 Å². The molecule has 0 bridgehead atoms. The van der Waals surface area contributed by atoms with Crippen molar-refractivity contribution in [1.82, 2.24) is 15.1 Å². The highest BCUT2D eigenvalue weighted by Crippen LogP contribution is 2.31. The van der Waals surface area contributed by atoms with Gasteiger partial charge in [-0.3, -0.25) is 9.59 Å². The predicted molar refractivity (Wildman–Crippen MR) is 102 cm³/mol. The summed E-state index contributed by atoms with van der Waals surface area (Å²) in [5.41, 5.74) is 0. The molecular formula is C18H23N3O2S2. The lowest BCUT2D eigenvalue weighted by atomic mass is 9.92. The van der Waals surface area contributed by atoms with Crippen LogP contribution in [-0.2, 0) is 4.79 Å². The van der Waals surface area contributed by atoms with Crippen molar-refractivity contribution in [3.8, 4) is 0 Å². The molecule has 2 fully saturated rings. The average Bonchev–Trinajstić information content (AvgIpc) is 3.22. The van der Waals surface area contributed by atoms with E-state index in [0.29, 0.717) is 32.2 Å². The van der Waals surface area contributed by atoms with Gasteiger partial charge in [-0.1, -0.05) is 0 Å². The zero-order valence-electron chi connectivity index (χ0n) is 14.4. The van der Waals surface area contributed by atoms with Gasteiger partial charge in [0.25, 0.3) is 5.91 Å². The predicted octanol–water partition coefficient (Wildman–Crippen LogP) is 2.64. The molecule has 1 N–H and O–H groups in total. The van der Waals surface area contributed by atoms with Crippen LogP contribution >= 0.6 is 22.7 Å². The Kier molecular flexibility index (Phi) is 4.80. The third-order valence-corrected chi connectivity index (χ3v) is 7.28. The van der Waals surface area contributed by atoms with Crippen LogP contribution in [0.3, 0.4) is 0 Å². The summed E-state index contributed by atoms with van der Waals surface area (Å²) in [7, 11) is 0. The smallest absolute Gasteiger partial charge is 0.264 e. The number of rotatable bonds is 2. The molecule has 4 rings (SSSR count). The molecule has 2 aliphatic rings. The maximum absolute atomic E-state index is 12.7. The molecule has 2 atom stereocenters. The number of nitrogens with zero attached hydrogens (tertiary/aromatic N) is 2. The summed E-state index contributed by atoms with van der Waals surface area (Å²) in [4.78, 5) is 30.1. The third kappa shape index (κ3) is 3.45. The number of amides is 2. The summed E-state index contributed by atoms with van der Waals surface area (Å²) in [5.74, 6) is 0.524. The van der Waals surface area contributed by atoms with E-state index in [1.54, 1.807) is 22.7 Å². The van der Waals surface area contributed by atoms with Crippen molar-refractivity contribution in [2.45, 2.75) is 25.8 Å². The maximum Gasteiger partial charge on any atom is 0.264 e. The van der Waals surface area contributed by atoms with Crippen LogP contribution < -0.4 is 5.32 Å². The lowest BCUT2D eigenvalue weighted by Crippen LogP contribution is -2.53. The van der Waals surface area contributed by atoms with Gasteiger partial charge in [-0.15, -0.1) is 22.7 Å². The zero-order valence-corrected chi connectivity index (χ0v) is 16.0. The fraction of sp³-hybridized carbons (Fsp3) is 0.556. The van der Waals surface area contributed by atoms with Gasteiger partial charge in [-0.05, 0) is 43.8 Å². The molecule has 2 amide bonds. The quantitative estimate of drug-likeness (QED) is 0.875. The number of thiophene rings is 2. The van der Waals surface area contributed by atoms with Gasteiger partial charge >= 0.3 is 0 Å². The molecule has 0 radical (unpaired) electrons. The molecule has 4 heterocycles. The van der Waals surface area contributed by atoms with Crippen LogP contribution in [0.5, 0.6) is 0 Å². The Balaban J connectivity index is 1.35. The Morgan fingerprint density at radius 3 is 2.64 bits per heavy atom. The van der Waals surface area contributed by atoms with Crippen molar-refractivity contribution in [2.24, 2.45) is 5.92 Å². The van der Waals surface area contributed by atoms with E-state index in [1.165, 1.54) is 9.40 Å². The molecule has 2 aromatic heterocycles. The minimum absolute atomic E-state index is 0.107. The lowest BCUT2D eigenvalue weighted by Gasteiger charge is -2.37. The summed E-state index contributed by atoms with van der Waals surface area (Å²) in [6.45, 7) is 5.64. The van der Waals surface area contributed by atoms with E-state index >= 15 is 0 Å². The standard InChI is InChI=1S/C18H23N3O2S2/c1-12-10-13(2-4-19-12)17(22)20-5-7-21(8-6-20)18(23)16-11-15-14(25-16)3-9-24-15/h3,9,11-13,19H,2,4-8,10H2,1H3/t12-,13-/m0/s1. The number of carbonyl (C=O) groups excluding carboxylic acids is 2. The minimum atomic E-state index is 0.107. The highest BCUT2D eigenvalue weighted by Gasteiger charge is 2.31. The van der Waals surface area contributed by atoms with Crippen molar-refractivity contribution >= 4 is 43.9 Å². The first-order valence-corrected chi connectivity index (χ1v) is 10.6. The van der Waals surface area contributed by atoms with Gasteiger partial charge < -0.3 is 15.1 Å². The highest BCUT2D eigenvalue weighted by molar-refractivity contribution is 7.27. The summed E-state index contributed by atoms with van der Waals surface area (Å²) >= 11 is 3.24. The van der Waals surface area contributed by atoms with Crippen molar-refractivity contribution in [3.63, 3.8) is 0 Å². The normalized spacial score (nSPS) is 24.7. The van der Waals surface area contributed by atoms with E-state index in [9.17, 15) is 9.59 Å². The Bertz CT molecular complexity index is 748. The number of hydrogen-bond donors (Lipinski definition) is 1. The molecular weight excluding hydrogens is 354 g/mol. The lowest BCUT2D eigenvalue weighted by molar-refractivity contribution is -0.138. The van der Waals surface area contributed by atoms with Crippen LogP contribution in [-0.4, -0.2) is 60.4 Å². The van der Waals surface area contributed by atoms with Gasteiger partial charge in [0, 0.05) is 47.5 Å². The van der Waals surface area contributed by atoms with Gasteiger partial charge in [0.2, 0.25) is 5.91 Å². The van der Waals surface area contributed by atoms with Crippen molar-refractivity contribution in [3.05, 3.63) is 22.4 Å². The molecule has 7 heteroatoms. The first kappa shape index (κ1) is 17.0. The number of nitrogens with one attached hydrogen (secondary N) is 1. The summed E-state index contributed by atoms with van der Waals surface area (Å²) in [5, 5.41) is 5.45. The third-order valence-electron chi connectivity index (χ3n) is 5.20. The molecule has 25 heavy (non-hydrogen) atoms. The van der Waals surface area contributed by atoms with E-state index in [2.05, 4.69) is 23.7 Å². The van der Waals surface area contributed by atoms with Crippen LogP contribution in [0.15, 0.2) is 17.5 Å². The zero-order chi connectivity index (χ0) is 17.4. The fourth-order valence-corrected chi connectivity index (χ4v) is 5.85. The monoisotopic (exact) mass is 377 g/mol. The van der Waals surface area contributed by atoms with Gasteiger partial charge in [0.1, 0.15) is 0 Å². The van der Waals surface area contributed by atoms with Gasteiger partial charge in [0.05, 0.1) is 4.88 Å². The Morgan fingerprint density at radius 2 is 1.92 bits per heavy atom. The molecule has 0 spiro atoms. The Hall–Kier alpha value is -1.44. The molecule has 0 saturated carbocycles. The average molecular weight is 378 g/mol. The number of piperidine rings is 1. The van der Waals surface area contributed by atoms with Crippen LogP contribution in [0.2, 0.25) is 0 Å². The summed E-state index contributed by atoms with van der Waals surface area (Å²) in [6.07, 6.45) is 1.85. The first-order chi connectivity index (χ1) is 12.1. The van der Waals surface area contributed by atoms with E-state index in [0.717, 1.165) is 24.3 Å². The topological polar surface area (TPSA) is 52.7 Å². The molecule has 2 aromatic rings. The Labute approximate surface area is 155 Å². The van der Waals surface area contributed by atoms with E-state index < -0.39 is 0 Å². The number of carbonyl (C=O) groups is 2. The van der Waals surface area contributed by atoms with Crippen LogP contribution in [0.4, 0.5) is 0 Å². The molecule has 2 aliphatic heterocycles. The number of hydrogen-bond acceptors (Lipinski definition) is 5. The van der Waals surface area contributed by atoms with Crippen molar-refractivity contribution < 1.29 is 9.59 Å². The molecule has 0 aromatic carbocycles. The fourth-order valence-electron chi connectivity index (χ4n) is 3.77. The second-order valence-corrected chi connectivity index (χ2v) is 8.99. The second-order valence-electron chi connectivity index (χ2n) is 6.95. The molecule has 0 unspecified atom stereocenters. The number of piperazine rings is 1. The van der Waals surface area contributed by atoms with Crippen molar-refractivity contribution in [1.29, 1.82) is 0 Å². The van der Waals surface area contributed by atoms with E-state index in [4.69, 9.17) is 0 Å². The highest BCUT2D eigenvalue weighted by atomic mass is 32.1. The molecule has 2 saturated heterocycles. The summed E-state index contributed by atoms with van der Waals surface area (Å²) in [6, 6.07) is 4.48.